The van der Waals surface area contributed by atoms with Crippen molar-refractivity contribution >= 4 is 27.6 Å². The van der Waals surface area contributed by atoms with Crippen molar-refractivity contribution in [2.45, 2.75) is 70.1 Å². The van der Waals surface area contributed by atoms with E-state index in [1.807, 2.05) is 7.05 Å². The van der Waals surface area contributed by atoms with Gasteiger partial charge >= 0.3 is 6.18 Å². The number of hydrogen-bond donors (Lipinski definition) is 2. The van der Waals surface area contributed by atoms with Crippen LogP contribution in [0.25, 0.3) is 0 Å². The molecule has 2 fully saturated rings. The van der Waals surface area contributed by atoms with Crippen molar-refractivity contribution in [3.05, 3.63) is 47.3 Å². The molecule has 1 aromatic heterocycles. The molecule has 1 aliphatic carbocycles. The number of likely N-dealkylation sites (tertiary alicyclic amines) is 1. The van der Waals surface area contributed by atoms with E-state index >= 15 is 0 Å². The highest BCUT2D eigenvalue weighted by Gasteiger charge is 2.37. The number of sulfonamides is 1. The first-order valence-corrected chi connectivity index (χ1v) is 15.8. The topological polar surface area (TPSA) is 108 Å². The largest absolute Gasteiger partial charge is 0.419 e. The van der Waals surface area contributed by atoms with Gasteiger partial charge < -0.3 is 15.1 Å². The van der Waals surface area contributed by atoms with Crippen LogP contribution in [0.15, 0.2) is 30.5 Å². The Labute approximate surface area is 240 Å². The number of anilines is 2. The highest BCUT2D eigenvalue weighted by atomic mass is 32.2. The van der Waals surface area contributed by atoms with Crippen molar-refractivity contribution in [3.63, 3.8) is 0 Å². The molecule has 13 heteroatoms. The smallest absolute Gasteiger partial charge is 0.339 e. The van der Waals surface area contributed by atoms with E-state index in [1.165, 1.54) is 6.92 Å². The predicted octanol–water partition coefficient (Wildman–Crippen LogP) is 4.45. The third kappa shape index (κ3) is 8.16. The first-order valence-electron chi connectivity index (χ1n) is 14.1. The number of carbonyl (C=O) groups is 1. The van der Waals surface area contributed by atoms with Crippen LogP contribution in [0.5, 0.6) is 0 Å². The Kier molecular flexibility index (Phi) is 9.91. The van der Waals surface area contributed by atoms with E-state index < -0.39 is 27.8 Å². The minimum Gasteiger partial charge on any atom is -0.339 e. The number of aromatic nitrogens is 2. The van der Waals surface area contributed by atoms with Crippen LogP contribution in [0.3, 0.4) is 0 Å². The Hall–Kier alpha value is -2.77. The highest BCUT2D eigenvalue weighted by Crippen LogP contribution is 2.35. The highest BCUT2D eigenvalue weighted by molar-refractivity contribution is 7.89. The summed E-state index contributed by atoms with van der Waals surface area (Å²) in [5.74, 6) is -0.498. The second-order valence-corrected chi connectivity index (χ2v) is 13.1. The summed E-state index contributed by atoms with van der Waals surface area (Å²) >= 11 is 0. The quantitative estimate of drug-likeness (QED) is 0.441. The molecule has 0 bridgehead atoms. The summed E-state index contributed by atoms with van der Waals surface area (Å²) in [4.78, 5) is 25.2. The molecule has 1 amide bonds. The fraction of sp³-hybridized carbons (Fsp3) is 0.607. The van der Waals surface area contributed by atoms with E-state index in [0.717, 1.165) is 45.0 Å². The molecule has 1 saturated heterocycles. The maximum Gasteiger partial charge on any atom is 0.419 e. The van der Waals surface area contributed by atoms with Crippen molar-refractivity contribution < 1.29 is 26.4 Å². The van der Waals surface area contributed by atoms with E-state index in [1.54, 1.807) is 29.2 Å². The number of piperidine rings is 1. The number of halogens is 3. The van der Waals surface area contributed by atoms with Crippen molar-refractivity contribution in [3.8, 4) is 0 Å². The van der Waals surface area contributed by atoms with E-state index in [0.29, 0.717) is 24.1 Å². The van der Waals surface area contributed by atoms with Gasteiger partial charge in [-0.25, -0.2) is 23.1 Å². The molecule has 226 valence electrons. The van der Waals surface area contributed by atoms with Crippen LogP contribution >= 0.6 is 0 Å². The minimum atomic E-state index is -4.65. The molecule has 2 aromatic rings. The molecule has 2 atom stereocenters. The van der Waals surface area contributed by atoms with Crippen LogP contribution in [0.1, 0.15) is 67.1 Å². The lowest BCUT2D eigenvalue weighted by Crippen LogP contribution is -2.44. The molecule has 2 N–H and O–H groups in total. The van der Waals surface area contributed by atoms with Gasteiger partial charge in [-0.3, -0.25) is 4.79 Å². The maximum atomic E-state index is 13.9. The van der Waals surface area contributed by atoms with Gasteiger partial charge in [0, 0.05) is 36.6 Å². The van der Waals surface area contributed by atoms with Gasteiger partial charge in [0.05, 0.1) is 17.0 Å². The van der Waals surface area contributed by atoms with Crippen LogP contribution in [0.4, 0.5) is 24.8 Å². The Morgan fingerprint density at radius 2 is 1.76 bits per heavy atom. The summed E-state index contributed by atoms with van der Waals surface area (Å²) in [6.07, 6.45) is 0.709. The zero-order valence-corrected chi connectivity index (χ0v) is 24.6. The average molecular weight is 597 g/mol. The molecule has 9 nitrogen and oxygen atoms in total. The average Bonchev–Trinajstić information content (AvgIpc) is 2.93. The third-order valence-electron chi connectivity index (χ3n) is 8.19. The van der Waals surface area contributed by atoms with E-state index in [4.69, 9.17) is 0 Å². The summed E-state index contributed by atoms with van der Waals surface area (Å²) in [7, 11) is 0.376. The third-order valence-corrected chi connectivity index (χ3v) is 9.61. The first kappa shape index (κ1) is 31.2. The van der Waals surface area contributed by atoms with Crippen molar-refractivity contribution in [2.24, 2.45) is 5.92 Å². The molecule has 0 spiro atoms. The SMILES string of the molecule is CCS(=O)(=O)N[C@H]1CCCC[C@H]1Cc1nc(Nc2ccc(C(=O)N(C)C3CCN(C)CC3)cc2)ncc1C(F)(F)F. The molecule has 41 heavy (non-hydrogen) atoms. The fourth-order valence-electron chi connectivity index (χ4n) is 5.62. The number of alkyl halides is 3. The van der Waals surface area contributed by atoms with Crippen LogP contribution in [0.2, 0.25) is 0 Å². The molecule has 1 aromatic carbocycles. The Morgan fingerprint density at radius 3 is 2.39 bits per heavy atom. The van der Waals surface area contributed by atoms with Gasteiger partial charge in [0.15, 0.2) is 0 Å². The van der Waals surface area contributed by atoms with Crippen LogP contribution in [0, 0.1) is 5.92 Å². The van der Waals surface area contributed by atoms with Gasteiger partial charge in [-0.2, -0.15) is 13.2 Å². The molecule has 0 radical (unpaired) electrons. The maximum absolute atomic E-state index is 13.9. The number of benzene rings is 1. The van der Waals surface area contributed by atoms with Gasteiger partial charge in [-0.15, -0.1) is 0 Å². The number of nitrogens with zero attached hydrogens (tertiary/aromatic N) is 4. The zero-order chi connectivity index (χ0) is 29.8. The standard InChI is InChI=1S/C28H39F3N6O3S/c1-4-41(39,40)35-24-8-6-5-7-20(24)17-25-23(28(29,30)31)18-32-27(34-25)33-21-11-9-19(10-12-21)26(38)37(3)22-13-15-36(2)16-14-22/h9-12,18,20,22,24,35H,4-8,13-17H2,1-3H3,(H,32,33,34)/t20-,24-/m0/s1. The monoisotopic (exact) mass is 596 g/mol. The summed E-state index contributed by atoms with van der Waals surface area (Å²) in [5, 5.41) is 2.95. The van der Waals surface area contributed by atoms with E-state index in [2.05, 4.69) is 32.0 Å². The van der Waals surface area contributed by atoms with Crippen LogP contribution in [-0.4, -0.2) is 79.1 Å². The van der Waals surface area contributed by atoms with E-state index in [9.17, 15) is 26.4 Å². The number of amides is 1. The Balaban J connectivity index is 1.49. The molecule has 1 aliphatic heterocycles. The summed E-state index contributed by atoms with van der Waals surface area (Å²) in [6, 6.07) is 6.43. The van der Waals surface area contributed by atoms with Gasteiger partial charge in [0.2, 0.25) is 16.0 Å². The number of hydrogen-bond acceptors (Lipinski definition) is 7. The molecule has 4 rings (SSSR count). The summed E-state index contributed by atoms with van der Waals surface area (Å²) < 4.78 is 68.7. The normalized spacial score (nSPS) is 21.0. The number of carbonyl (C=O) groups excluding carboxylic acids is 1. The summed E-state index contributed by atoms with van der Waals surface area (Å²) in [5.41, 5.74) is -0.0536. The molecule has 0 unspecified atom stereocenters. The molecular weight excluding hydrogens is 557 g/mol. The second-order valence-electron chi connectivity index (χ2n) is 11.1. The van der Waals surface area contributed by atoms with Gasteiger partial charge in [-0.1, -0.05) is 12.8 Å². The predicted molar refractivity (Wildman–Crippen MR) is 151 cm³/mol. The van der Waals surface area contributed by atoms with Crippen LogP contribution in [-0.2, 0) is 22.6 Å². The number of rotatable bonds is 9. The van der Waals surface area contributed by atoms with Crippen molar-refractivity contribution in [1.29, 1.82) is 0 Å². The molecule has 1 saturated carbocycles. The van der Waals surface area contributed by atoms with Crippen molar-refractivity contribution in [2.75, 3.05) is 38.3 Å². The molecule has 2 heterocycles. The lowest BCUT2D eigenvalue weighted by Gasteiger charge is -2.35. The fourth-order valence-corrected chi connectivity index (χ4v) is 6.55. The lowest BCUT2D eigenvalue weighted by molar-refractivity contribution is -0.138. The van der Waals surface area contributed by atoms with Crippen LogP contribution < -0.4 is 10.0 Å². The van der Waals surface area contributed by atoms with Gasteiger partial charge in [-0.05, 0) is 89.3 Å². The van der Waals surface area contributed by atoms with Gasteiger partial charge in [0.25, 0.3) is 5.91 Å². The first-order chi connectivity index (χ1) is 19.4. The number of nitrogens with one attached hydrogen (secondary N) is 2. The Bertz CT molecular complexity index is 1300. The summed E-state index contributed by atoms with van der Waals surface area (Å²) in [6.45, 7) is 3.41. The minimum absolute atomic E-state index is 0.00276. The van der Waals surface area contributed by atoms with E-state index in [-0.39, 0.29) is 41.7 Å². The van der Waals surface area contributed by atoms with Crippen molar-refractivity contribution in [1.82, 2.24) is 24.5 Å². The lowest BCUT2D eigenvalue weighted by atomic mass is 9.81. The molecular formula is C28H39F3N6O3S. The molecule has 2 aliphatic rings. The second kappa shape index (κ2) is 13.0. The zero-order valence-electron chi connectivity index (χ0n) is 23.7. The van der Waals surface area contributed by atoms with Gasteiger partial charge in [0.1, 0.15) is 0 Å². The Morgan fingerprint density at radius 1 is 1.10 bits per heavy atom.